The van der Waals surface area contributed by atoms with Crippen molar-refractivity contribution in [1.29, 1.82) is 0 Å². The Morgan fingerprint density at radius 1 is 1.36 bits per heavy atom. The SMILES string of the molecule is Nc1c(B(O)O)sc2cccc(I)c12. The van der Waals surface area contributed by atoms with E-state index in [-0.39, 0.29) is 0 Å². The normalized spacial score (nSPS) is 10.8. The lowest BCUT2D eigenvalue weighted by atomic mass is 9.88. The topological polar surface area (TPSA) is 66.5 Å². The summed E-state index contributed by atoms with van der Waals surface area (Å²) in [7, 11) is -1.48. The van der Waals surface area contributed by atoms with E-state index < -0.39 is 7.12 Å². The van der Waals surface area contributed by atoms with E-state index in [4.69, 9.17) is 15.8 Å². The smallest absolute Gasteiger partial charge is 0.423 e. The van der Waals surface area contributed by atoms with Gasteiger partial charge in [0, 0.05) is 13.7 Å². The van der Waals surface area contributed by atoms with Gasteiger partial charge >= 0.3 is 7.12 Å². The first-order valence-corrected chi connectivity index (χ1v) is 5.83. The van der Waals surface area contributed by atoms with E-state index in [0.29, 0.717) is 10.5 Å². The molecule has 1 heterocycles. The average Bonchev–Trinajstić information content (AvgIpc) is 2.45. The highest BCUT2D eigenvalue weighted by atomic mass is 127. The molecule has 0 saturated heterocycles. The number of nitrogen functional groups attached to an aromatic ring is 1. The van der Waals surface area contributed by atoms with Gasteiger partial charge in [-0.15, -0.1) is 11.3 Å². The van der Waals surface area contributed by atoms with Crippen LogP contribution in [0.25, 0.3) is 10.1 Å². The maximum absolute atomic E-state index is 9.08. The molecular formula is C8H7BINO2S. The number of thiophene rings is 1. The monoisotopic (exact) mass is 319 g/mol. The number of anilines is 1. The Hall–Kier alpha value is -0.305. The molecule has 0 saturated carbocycles. The van der Waals surface area contributed by atoms with Crippen molar-refractivity contribution < 1.29 is 10.0 Å². The molecule has 0 fully saturated rings. The highest BCUT2D eigenvalue weighted by Gasteiger charge is 2.20. The third kappa shape index (κ3) is 1.52. The zero-order valence-electron chi connectivity index (χ0n) is 7.07. The van der Waals surface area contributed by atoms with Gasteiger partial charge in [0.1, 0.15) is 0 Å². The molecule has 3 nitrogen and oxygen atoms in total. The van der Waals surface area contributed by atoms with Crippen LogP contribution in [0, 0.1) is 3.57 Å². The van der Waals surface area contributed by atoms with Crippen molar-refractivity contribution in [1.82, 2.24) is 0 Å². The second-order valence-electron chi connectivity index (χ2n) is 2.87. The molecule has 0 radical (unpaired) electrons. The summed E-state index contributed by atoms with van der Waals surface area (Å²) in [5, 5.41) is 19.1. The Morgan fingerprint density at radius 3 is 2.64 bits per heavy atom. The van der Waals surface area contributed by atoms with E-state index in [1.54, 1.807) is 0 Å². The predicted octanol–water partition coefficient (Wildman–Crippen LogP) is 0.768. The molecule has 0 unspecified atom stereocenters. The Morgan fingerprint density at radius 2 is 2.07 bits per heavy atom. The van der Waals surface area contributed by atoms with Gasteiger partial charge in [-0.3, -0.25) is 0 Å². The van der Waals surface area contributed by atoms with Gasteiger partial charge in [-0.25, -0.2) is 0 Å². The van der Waals surface area contributed by atoms with Crippen LogP contribution in [-0.2, 0) is 0 Å². The van der Waals surface area contributed by atoms with Crippen LogP contribution in [0.15, 0.2) is 18.2 Å². The van der Waals surface area contributed by atoms with Gasteiger partial charge in [0.2, 0.25) is 0 Å². The number of hydrogen-bond donors (Lipinski definition) is 3. The van der Waals surface area contributed by atoms with Crippen molar-refractivity contribution in [2.75, 3.05) is 5.73 Å². The van der Waals surface area contributed by atoms with Gasteiger partial charge in [0.15, 0.2) is 0 Å². The van der Waals surface area contributed by atoms with E-state index in [9.17, 15) is 0 Å². The van der Waals surface area contributed by atoms with Crippen molar-refractivity contribution in [2.45, 2.75) is 0 Å². The Balaban J connectivity index is 2.81. The number of hydrogen-bond acceptors (Lipinski definition) is 4. The second-order valence-corrected chi connectivity index (χ2v) is 5.11. The van der Waals surface area contributed by atoms with Gasteiger partial charge in [0.05, 0.1) is 10.5 Å². The summed E-state index contributed by atoms with van der Waals surface area (Å²) >= 11 is 3.50. The summed E-state index contributed by atoms with van der Waals surface area (Å²) in [5.41, 5.74) is 6.30. The average molecular weight is 319 g/mol. The first-order valence-electron chi connectivity index (χ1n) is 3.93. The molecular weight excluding hydrogens is 312 g/mol. The molecule has 0 aliphatic carbocycles. The molecule has 14 heavy (non-hydrogen) atoms. The fourth-order valence-electron chi connectivity index (χ4n) is 1.34. The minimum atomic E-state index is -1.48. The number of halogens is 1. The molecule has 0 spiro atoms. The highest BCUT2D eigenvalue weighted by molar-refractivity contribution is 14.1. The van der Waals surface area contributed by atoms with Crippen LogP contribution >= 0.6 is 33.9 Å². The molecule has 0 atom stereocenters. The van der Waals surface area contributed by atoms with Gasteiger partial charge in [-0.1, -0.05) is 6.07 Å². The molecule has 0 aliphatic heterocycles. The zero-order chi connectivity index (χ0) is 10.3. The van der Waals surface area contributed by atoms with E-state index >= 15 is 0 Å². The molecule has 0 amide bonds. The molecule has 6 heteroatoms. The molecule has 2 aromatic rings. The van der Waals surface area contributed by atoms with Crippen LogP contribution in [-0.4, -0.2) is 17.2 Å². The third-order valence-corrected chi connectivity index (χ3v) is 4.07. The third-order valence-electron chi connectivity index (χ3n) is 1.96. The van der Waals surface area contributed by atoms with Crippen molar-refractivity contribution in [3.05, 3.63) is 21.8 Å². The van der Waals surface area contributed by atoms with Crippen LogP contribution in [0.3, 0.4) is 0 Å². The molecule has 1 aromatic carbocycles. The largest absolute Gasteiger partial charge is 0.501 e. The molecule has 0 aliphatic rings. The number of nitrogens with two attached hydrogens (primary N) is 1. The molecule has 72 valence electrons. The summed E-state index contributed by atoms with van der Waals surface area (Å²) in [6.07, 6.45) is 0. The highest BCUT2D eigenvalue weighted by Crippen LogP contribution is 2.30. The summed E-state index contributed by atoms with van der Waals surface area (Å²) in [4.78, 5) is 0. The fraction of sp³-hybridized carbons (Fsp3) is 0. The van der Waals surface area contributed by atoms with Crippen LogP contribution in [0.4, 0.5) is 5.69 Å². The summed E-state index contributed by atoms with van der Waals surface area (Å²) in [6.45, 7) is 0. The maximum Gasteiger partial charge on any atom is 0.501 e. The Labute approximate surface area is 98.8 Å². The summed E-state index contributed by atoms with van der Waals surface area (Å²) in [6, 6.07) is 5.79. The summed E-state index contributed by atoms with van der Waals surface area (Å²) < 4.78 is 2.43. The Kier molecular flexibility index (Phi) is 2.69. The maximum atomic E-state index is 9.08. The Bertz CT molecular complexity index is 485. The van der Waals surface area contributed by atoms with Crippen molar-refractivity contribution in [2.24, 2.45) is 0 Å². The van der Waals surface area contributed by atoms with E-state index in [2.05, 4.69) is 22.6 Å². The van der Waals surface area contributed by atoms with Crippen molar-refractivity contribution >= 4 is 61.6 Å². The van der Waals surface area contributed by atoms with Crippen LogP contribution in [0.1, 0.15) is 0 Å². The van der Waals surface area contributed by atoms with Crippen LogP contribution < -0.4 is 10.5 Å². The number of fused-ring (bicyclic) bond motifs is 1. The van der Waals surface area contributed by atoms with Crippen LogP contribution in [0.5, 0.6) is 0 Å². The van der Waals surface area contributed by atoms with E-state index in [1.165, 1.54) is 11.3 Å². The van der Waals surface area contributed by atoms with Crippen molar-refractivity contribution in [3.8, 4) is 0 Å². The van der Waals surface area contributed by atoms with E-state index in [0.717, 1.165) is 13.7 Å². The lowest BCUT2D eigenvalue weighted by molar-refractivity contribution is 0.427. The van der Waals surface area contributed by atoms with Gasteiger partial charge in [-0.2, -0.15) is 0 Å². The molecule has 0 bridgehead atoms. The van der Waals surface area contributed by atoms with Gasteiger partial charge < -0.3 is 15.8 Å². The minimum Gasteiger partial charge on any atom is -0.423 e. The molecule has 2 rings (SSSR count). The predicted molar refractivity (Wildman–Crippen MR) is 68.8 cm³/mol. The second kappa shape index (κ2) is 3.69. The minimum absolute atomic E-state index is 0.420. The lowest BCUT2D eigenvalue weighted by Gasteiger charge is -1.97. The molecule has 4 N–H and O–H groups in total. The van der Waals surface area contributed by atoms with E-state index in [1.807, 2.05) is 18.2 Å². The van der Waals surface area contributed by atoms with Gasteiger partial charge in [0.25, 0.3) is 0 Å². The summed E-state index contributed by atoms with van der Waals surface area (Å²) in [5.74, 6) is 0. The van der Waals surface area contributed by atoms with Gasteiger partial charge in [-0.05, 0) is 34.7 Å². The van der Waals surface area contributed by atoms with Crippen LogP contribution in [0.2, 0.25) is 0 Å². The number of benzene rings is 1. The number of rotatable bonds is 1. The first-order chi connectivity index (χ1) is 6.61. The zero-order valence-corrected chi connectivity index (χ0v) is 10.0. The molecule has 1 aromatic heterocycles. The quantitative estimate of drug-likeness (QED) is 0.537. The van der Waals surface area contributed by atoms with Crippen molar-refractivity contribution in [3.63, 3.8) is 0 Å². The fourth-order valence-corrected chi connectivity index (χ4v) is 3.33. The standard InChI is InChI=1S/C8H7BINO2S/c10-4-2-1-3-5-6(4)7(11)8(14-5)9(12)13/h1-3,12-13H,11H2. The first kappa shape index (κ1) is 10.2. The lowest BCUT2D eigenvalue weighted by Crippen LogP contribution is -2.29.